The van der Waals surface area contributed by atoms with E-state index in [0.29, 0.717) is 5.82 Å². The van der Waals surface area contributed by atoms with Gasteiger partial charge in [0.15, 0.2) is 0 Å². The third kappa shape index (κ3) is 4.66. The Kier molecular flexibility index (Phi) is 5.16. The molecule has 0 bridgehead atoms. The molecule has 0 saturated heterocycles. The molecule has 0 aliphatic rings. The van der Waals surface area contributed by atoms with Crippen molar-refractivity contribution >= 4 is 5.91 Å². The van der Waals surface area contributed by atoms with E-state index in [4.69, 9.17) is 0 Å². The fourth-order valence-electron chi connectivity index (χ4n) is 2.62. The monoisotopic (exact) mass is 375 g/mol. The van der Waals surface area contributed by atoms with Crippen molar-refractivity contribution in [3.8, 4) is 5.75 Å². The summed E-state index contributed by atoms with van der Waals surface area (Å²) in [6.45, 7) is 0. The molecule has 1 unspecified atom stereocenters. The maximum absolute atomic E-state index is 12.6. The summed E-state index contributed by atoms with van der Waals surface area (Å²) >= 11 is 0. The van der Waals surface area contributed by atoms with Crippen LogP contribution < -0.4 is 10.1 Å². The van der Waals surface area contributed by atoms with Crippen LogP contribution in [-0.2, 0) is 7.05 Å². The van der Waals surface area contributed by atoms with E-state index < -0.39 is 18.3 Å². The summed E-state index contributed by atoms with van der Waals surface area (Å²) in [5.41, 5.74) is 1.04. The molecule has 1 atom stereocenters. The number of hydrogen-bond acceptors (Lipinski definition) is 3. The van der Waals surface area contributed by atoms with Crippen molar-refractivity contribution in [2.45, 2.75) is 12.4 Å². The van der Waals surface area contributed by atoms with Crippen molar-refractivity contribution in [3.05, 3.63) is 83.9 Å². The van der Waals surface area contributed by atoms with Gasteiger partial charge in [-0.2, -0.15) is 0 Å². The first-order valence-electron chi connectivity index (χ1n) is 8.02. The summed E-state index contributed by atoms with van der Waals surface area (Å²) < 4.78 is 42.3. The molecule has 0 spiro atoms. The Hall–Kier alpha value is -3.29. The molecule has 2 aromatic carbocycles. The molecule has 0 aliphatic heterocycles. The molecule has 0 radical (unpaired) electrons. The van der Waals surface area contributed by atoms with Gasteiger partial charge >= 0.3 is 6.36 Å². The minimum atomic E-state index is -4.78. The van der Waals surface area contributed by atoms with Crippen LogP contribution in [0.2, 0.25) is 0 Å². The van der Waals surface area contributed by atoms with E-state index in [1.165, 1.54) is 12.1 Å². The van der Waals surface area contributed by atoms with Gasteiger partial charge in [-0.3, -0.25) is 4.79 Å². The van der Waals surface area contributed by atoms with Crippen molar-refractivity contribution in [1.29, 1.82) is 0 Å². The van der Waals surface area contributed by atoms with Crippen LogP contribution in [0.15, 0.2) is 67.0 Å². The third-order valence-corrected chi connectivity index (χ3v) is 3.88. The van der Waals surface area contributed by atoms with Crippen LogP contribution >= 0.6 is 0 Å². The number of ether oxygens (including phenoxy) is 1. The number of aromatic nitrogens is 2. The minimum absolute atomic E-state index is 0.208. The lowest BCUT2D eigenvalue weighted by atomic mass is 10.1. The lowest BCUT2D eigenvalue weighted by Gasteiger charge is -2.19. The van der Waals surface area contributed by atoms with E-state index in [1.807, 2.05) is 37.4 Å². The highest BCUT2D eigenvalue weighted by atomic mass is 19.4. The standard InChI is InChI=1S/C19H16F3N3O2/c1-25-12-11-23-17(25)16(13-5-3-2-4-6-13)24-18(26)14-7-9-15(10-8-14)27-19(20,21)22/h2-12,16H,1H3,(H,24,26). The van der Waals surface area contributed by atoms with Gasteiger partial charge in [-0.25, -0.2) is 4.98 Å². The Morgan fingerprint density at radius 2 is 1.78 bits per heavy atom. The molecule has 0 fully saturated rings. The smallest absolute Gasteiger partial charge is 0.406 e. The Labute approximate surface area is 153 Å². The maximum atomic E-state index is 12.6. The number of halogens is 3. The first-order chi connectivity index (χ1) is 12.8. The van der Waals surface area contributed by atoms with E-state index in [1.54, 1.807) is 17.0 Å². The van der Waals surface area contributed by atoms with E-state index >= 15 is 0 Å². The predicted octanol–water partition coefficient (Wildman–Crippen LogP) is 3.84. The summed E-state index contributed by atoms with van der Waals surface area (Å²) in [5, 5.41) is 2.88. The third-order valence-electron chi connectivity index (χ3n) is 3.88. The number of hydrogen-bond donors (Lipinski definition) is 1. The lowest BCUT2D eigenvalue weighted by Crippen LogP contribution is -2.31. The maximum Gasteiger partial charge on any atom is 0.573 e. The number of alkyl halides is 3. The molecule has 3 aromatic rings. The Morgan fingerprint density at radius 3 is 2.33 bits per heavy atom. The van der Waals surface area contributed by atoms with Gasteiger partial charge in [-0.05, 0) is 29.8 Å². The highest BCUT2D eigenvalue weighted by Gasteiger charge is 2.31. The molecule has 1 aromatic heterocycles. The van der Waals surface area contributed by atoms with Gasteiger partial charge < -0.3 is 14.6 Å². The Balaban J connectivity index is 1.82. The number of amides is 1. The zero-order valence-electron chi connectivity index (χ0n) is 14.3. The Morgan fingerprint density at radius 1 is 1.11 bits per heavy atom. The summed E-state index contributed by atoms with van der Waals surface area (Å²) in [6, 6.07) is 13.5. The van der Waals surface area contributed by atoms with Crippen molar-refractivity contribution in [1.82, 2.24) is 14.9 Å². The molecule has 3 rings (SSSR count). The van der Waals surface area contributed by atoms with Crippen LogP contribution in [0.1, 0.15) is 27.8 Å². The molecule has 8 heteroatoms. The number of nitrogens with zero attached hydrogens (tertiary/aromatic N) is 2. The molecular formula is C19H16F3N3O2. The zero-order valence-corrected chi connectivity index (χ0v) is 14.3. The van der Waals surface area contributed by atoms with E-state index in [-0.39, 0.29) is 11.3 Å². The van der Waals surface area contributed by atoms with Crippen LogP contribution in [-0.4, -0.2) is 21.8 Å². The topological polar surface area (TPSA) is 56.2 Å². The van der Waals surface area contributed by atoms with E-state index in [0.717, 1.165) is 17.7 Å². The number of benzene rings is 2. The molecule has 140 valence electrons. The number of rotatable bonds is 5. The number of imidazole rings is 1. The molecular weight excluding hydrogens is 359 g/mol. The normalized spacial score (nSPS) is 12.4. The number of carbonyl (C=O) groups is 1. The summed E-state index contributed by atoms with van der Waals surface area (Å²) in [5.74, 6) is -0.195. The lowest BCUT2D eigenvalue weighted by molar-refractivity contribution is -0.274. The number of nitrogens with one attached hydrogen (secondary N) is 1. The fourth-order valence-corrected chi connectivity index (χ4v) is 2.62. The average molecular weight is 375 g/mol. The summed E-state index contributed by atoms with van der Waals surface area (Å²) in [4.78, 5) is 16.9. The van der Waals surface area contributed by atoms with Gasteiger partial charge in [-0.1, -0.05) is 30.3 Å². The predicted molar refractivity (Wildman–Crippen MR) is 92.1 cm³/mol. The van der Waals surface area contributed by atoms with E-state index in [2.05, 4.69) is 15.0 Å². The first kappa shape index (κ1) is 18.5. The van der Waals surface area contributed by atoms with E-state index in [9.17, 15) is 18.0 Å². The van der Waals surface area contributed by atoms with Crippen molar-refractivity contribution in [2.75, 3.05) is 0 Å². The van der Waals surface area contributed by atoms with Gasteiger partial charge in [-0.15, -0.1) is 13.2 Å². The molecule has 0 aliphatic carbocycles. The van der Waals surface area contributed by atoms with Crippen molar-refractivity contribution < 1.29 is 22.7 Å². The van der Waals surface area contributed by atoms with Gasteiger partial charge in [0.05, 0.1) is 0 Å². The van der Waals surface area contributed by atoms with Gasteiger partial charge in [0.1, 0.15) is 17.6 Å². The first-order valence-corrected chi connectivity index (χ1v) is 8.02. The second-order valence-corrected chi connectivity index (χ2v) is 5.79. The quantitative estimate of drug-likeness (QED) is 0.737. The van der Waals surface area contributed by atoms with Gasteiger partial charge in [0.2, 0.25) is 0 Å². The molecule has 27 heavy (non-hydrogen) atoms. The highest BCUT2D eigenvalue weighted by Crippen LogP contribution is 2.24. The van der Waals surface area contributed by atoms with Gasteiger partial charge in [0, 0.05) is 25.0 Å². The second kappa shape index (κ2) is 7.53. The molecule has 1 N–H and O–H groups in total. The van der Waals surface area contributed by atoms with Crippen LogP contribution in [0.5, 0.6) is 5.75 Å². The minimum Gasteiger partial charge on any atom is -0.406 e. The number of carbonyl (C=O) groups excluding carboxylic acids is 1. The molecule has 1 amide bonds. The van der Waals surface area contributed by atoms with Gasteiger partial charge in [0.25, 0.3) is 5.91 Å². The van der Waals surface area contributed by atoms with Crippen LogP contribution in [0.3, 0.4) is 0 Å². The average Bonchev–Trinajstić information content (AvgIpc) is 3.05. The van der Waals surface area contributed by atoms with Crippen LogP contribution in [0, 0.1) is 0 Å². The molecule has 5 nitrogen and oxygen atoms in total. The molecule has 0 saturated carbocycles. The zero-order chi connectivity index (χ0) is 19.4. The largest absolute Gasteiger partial charge is 0.573 e. The number of aryl methyl sites for hydroxylation is 1. The molecule has 1 heterocycles. The Bertz CT molecular complexity index is 906. The fraction of sp³-hybridized carbons (Fsp3) is 0.158. The SMILES string of the molecule is Cn1ccnc1C(NC(=O)c1ccc(OC(F)(F)F)cc1)c1ccccc1. The van der Waals surface area contributed by atoms with Crippen molar-refractivity contribution in [2.24, 2.45) is 7.05 Å². The van der Waals surface area contributed by atoms with Crippen LogP contribution in [0.25, 0.3) is 0 Å². The van der Waals surface area contributed by atoms with Crippen LogP contribution in [0.4, 0.5) is 13.2 Å². The summed E-state index contributed by atoms with van der Waals surface area (Å²) in [7, 11) is 1.81. The highest BCUT2D eigenvalue weighted by molar-refractivity contribution is 5.94. The van der Waals surface area contributed by atoms with Crippen molar-refractivity contribution in [3.63, 3.8) is 0 Å². The summed E-state index contributed by atoms with van der Waals surface area (Å²) in [6.07, 6.45) is -1.39. The second-order valence-electron chi connectivity index (χ2n) is 5.79.